The number of carboxylic acid groups (broad SMARTS) is 1. The Balaban J connectivity index is 1.42. The molecular formula is C28H24ClNO3. The van der Waals surface area contributed by atoms with Gasteiger partial charge in [0.05, 0.1) is 23.7 Å². The lowest BCUT2D eigenvalue weighted by Gasteiger charge is -2.12. The molecule has 1 unspecified atom stereocenters. The first kappa shape index (κ1) is 22.7. The molecule has 4 nitrogen and oxygen atoms in total. The summed E-state index contributed by atoms with van der Waals surface area (Å²) >= 11 is 6.08. The molecule has 4 aromatic rings. The van der Waals surface area contributed by atoms with Crippen molar-refractivity contribution in [3.63, 3.8) is 0 Å². The van der Waals surface area contributed by atoms with Crippen molar-refractivity contribution < 1.29 is 15.0 Å². The highest BCUT2D eigenvalue weighted by atomic mass is 35.5. The monoisotopic (exact) mass is 457 g/mol. The largest absolute Gasteiger partial charge is 0.481 e. The number of nitrogens with zero attached hydrogens (tertiary/aromatic N) is 1. The smallest absolute Gasteiger partial charge is 0.307 e. The maximum atomic E-state index is 10.9. The second-order valence-corrected chi connectivity index (χ2v) is 8.46. The summed E-state index contributed by atoms with van der Waals surface area (Å²) in [5.41, 5.74) is 5.29. The first-order valence-electron chi connectivity index (χ1n) is 10.8. The minimum absolute atomic E-state index is 0.00385. The van der Waals surface area contributed by atoms with Gasteiger partial charge in [0.2, 0.25) is 0 Å². The van der Waals surface area contributed by atoms with Gasteiger partial charge in [-0.05, 0) is 65.4 Å². The number of halogens is 1. The van der Waals surface area contributed by atoms with Crippen LogP contribution in [0.2, 0.25) is 5.02 Å². The van der Waals surface area contributed by atoms with Gasteiger partial charge >= 0.3 is 5.97 Å². The van der Waals surface area contributed by atoms with E-state index in [9.17, 15) is 9.90 Å². The summed E-state index contributed by atoms with van der Waals surface area (Å²) in [6, 6.07) is 25.0. The molecule has 2 N–H and O–H groups in total. The van der Waals surface area contributed by atoms with Crippen molar-refractivity contribution in [2.45, 2.75) is 25.4 Å². The van der Waals surface area contributed by atoms with Crippen LogP contribution < -0.4 is 0 Å². The second kappa shape index (κ2) is 10.4. The maximum absolute atomic E-state index is 10.9. The molecule has 166 valence electrons. The lowest BCUT2D eigenvalue weighted by atomic mass is 9.98. The van der Waals surface area contributed by atoms with Crippen LogP contribution in [0.25, 0.3) is 23.1 Å². The number of benzene rings is 3. The number of hydrogen-bond donors (Lipinski definition) is 2. The number of aliphatic hydroxyl groups is 1. The minimum atomic E-state index is -0.847. The van der Waals surface area contributed by atoms with Gasteiger partial charge in [0.1, 0.15) is 0 Å². The lowest BCUT2D eigenvalue weighted by Crippen LogP contribution is -2.02. The molecule has 0 aliphatic heterocycles. The van der Waals surface area contributed by atoms with Crippen molar-refractivity contribution in [3.8, 4) is 0 Å². The van der Waals surface area contributed by atoms with Gasteiger partial charge in [0.25, 0.3) is 0 Å². The van der Waals surface area contributed by atoms with Crippen molar-refractivity contribution in [1.82, 2.24) is 4.98 Å². The topological polar surface area (TPSA) is 70.4 Å². The number of carboxylic acids is 1. The Hall–Kier alpha value is -3.47. The Morgan fingerprint density at radius 3 is 2.58 bits per heavy atom. The maximum Gasteiger partial charge on any atom is 0.307 e. The van der Waals surface area contributed by atoms with Crippen molar-refractivity contribution in [2.24, 2.45) is 0 Å². The lowest BCUT2D eigenvalue weighted by molar-refractivity contribution is -0.136. The number of pyridine rings is 1. The molecule has 1 heterocycles. The van der Waals surface area contributed by atoms with Crippen LogP contribution in [0.1, 0.15) is 40.5 Å². The number of aliphatic hydroxyl groups excluding tert-OH is 1. The molecule has 1 atom stereocenters. The SMILES string of the molecule is O=C(O)Cc1cccc(CCC(O)c2cccc(C=Cc3ccc4ccc(Cl)cc4n3)c2)c1. The normalized spacial score (nSPS) is 12.3. The van der Waals surface area contributed by atoms with E-state index < -0.39 is 12.1 Å². The number of aromatic nitrogens is 1. The zero-order valence-corrected chi connectivity index (χ0v) is 18.7. The van der Waals surface area contributed by atoms with Crippen LogP contribution in [0.3, 0.4) is 0 Å². The fourth-order valence-electron chi connectivity index (χ4n) is 3.79. The van der Waals surface area contributed by atoms with Crippen molar-refractivity contribution in [3.05, 3.63) is 112 Å². The summed E-state index contributed by atoms with van der Waals surface area (Å²) in [4.78, 5) is 15.6. The highest BCUT2D eigenvalue weighted by molar-refractivity contribution is 6.31. The van der Waals surface area contributed by atoms with Crippen LogP contribution in [0, 0.1) is 0 Å². The van der Waals surface area contributed by atoms with E-state index in [0.717, 1.165) is 38.9 Å². The molecule has 3 aromatic carbocycles. The average molecular weight is 458 g/mol. The van der Waals surface area contributed by atoms with Gasteiger partial charge in [-0.1, -0.05) is 72.3 Å². The van der Waals surface area contributed by atoms with Crippen LogP contribution in [0.4, 0.5) is 0 Å². The Labute approximate surface area is 197 Å². The molecule has 4 rings (SSSR count). The molecule has 0 saturated heterocycles. The first-order valence-corrected chi connectivity index (χ1v) is 11.2. The number of fused-ring (bicyclic) bond motifs is 1. The van der Waals surface area contributed by atoms with Gasteiger partial charge in [0.15, 0.2) is 0 Å². The number of carbonyl (C=O) groups is 1. The third-order valence-electron chi connectivity index (χ3n) is 5.47. The van der Waals surface area contributed by atoms with Gasteiger partial charge in [0, 0.05) is 10.4 Å². The Kier molecular flexibility index (Phi) is 7.18. The van der Waals surface area contributed by atoms with E-state index in [1.807, 2.05) is 91.0 Å². The second-order valence-electron chi connectivity index (χ2n) is 8.02. The molecule has 0 spiro atoms. The molecule has 0 bridgehead atoms. The van der Waals surface area contributed by atoms with Crippen molar-refractivity contribution >= 4 is 40.6 Å². The van der Waals surface area contributed by atoms with Gasteiger partial charge in [-0.2, -0.15) is 0 Å². The standard InChI is InChI=1S/C28H24ClNO3/c29-24-11-9-22-10-13-25(30-26(22)18-24)12-7-20-4-2-6-23(16-20)27(31)14-8-19-3-1-5-21(15-19)17-28(32)33/h1-7,9-13,15-16,18,27,31H,8,14,17H2,(H,32,33). The van der Waals surface area contributed by atoms with E-state index in [1.54, 1.807) is 0 Å². The van der Waals surface area contributed by atoms with Gasteiger partial charge in [-0.15, -0.1) is 0 Å². The third-order valence-corrected chi connectivity index (χ3v) is 5.71. The van der Waals surface area contributed by atoms with E-state index in [1.165, 1.54) is 0 Å². The van der Waals surface area contributed by atoms with Gasteiger partial charge in [-0.3, -0.25) is 4.79 Å². The van der Waals surface area contributed by atoms with Crippen molar-refractivity contribution in [2.75, 3.05) is 0 Å². The van der Waals surface area contributed by atoms with Crippen LogP contribution in [0.5, 0.6) is 0 Å². The molecular weight excluding hydrogens is 434 g/mol. The molecule has 0 aliphatic carbocycles. The van der Waals surface area contributed by atoms with Crippen molar-refractivity contribution in [1.29, 1.82) is 0 Å². The summed E-state index contributed by atoms with van der Waals surface area (Å²) in [5, 5.41) is 21.4. The van der Waals surface area contributed by atoms with E-state index in [4.69, 9.17) is 16.7 Å². The quantitative estimate of drug-likeness (QED) is 0.323. The van der Waals surface area contributed by atoms with E-state index in [0.29, 0.717) is 17.9 Å². The van der Waals surface area contributed by atoms with Crippen LogP contribution in [-0.4, -0.2) is 21.2 Å². The third kappa shape index (κ3) is 6.28. The number of rotatable bonds is 8. The molecule has 0 aliphatic rings. The first-order chi connectivity index (χ1) is 16.0. The fraction of sp³-hybridized carbons (Fsp3) is 0.143. The molecule has 5 heteroatoms. The summed E-state index contributed by atoms with van der Waals surface area (Å²) in [5.74, 6) is -0.847. The summed E-state index contributed by atoms with van der Waals surface area (Å²) in [7, 11) is 0. The Bertz CT molecular complexity index is 1320. The van der Waals surface area contributed by atoms with E-state index in [-0.39, 0.29) is 6.42 Å². The van der Waals surface area contributed by atoms with E-state index >= 15 is 0 Å². The van der Waals surface area contributed by atoms with Gasteiger partial charge < -0.3 is 10.2 Å². The van der Waals surface area contributed by atoms with Crippen LogP contribution in [-0.2, 0) is 17.6 Å². The number of hydrogen-bond acceptors (Lipinski definition) is 3. The summed E-state index contributed by atoms with van der Waals surface area (Å²) < 4.78 is 0. The van der Waals surface area contributed by atoms with Crippen LogP contribution >= 0.6 is 11.6 Å². The molecule has 0 amide bonds. The number of aryl methyl sites for hydroxylation is 1. The highest BCUT2D eigenvalue weighted by Crippen LogP contribution is 2.22. The average Bonchev–Trinajstić information content (AvgIpc) is 2.81. The van der Waals surface area contributed by atoms with Crippen LogP contribution in [0.15, 0.2) is 78.9 Å². The Morgan fingerprint density at radius 2 is 1.73 bits per heavy atom. The van der Waals surface area contributed by atoms with E-state index in [2.05, 4.69) is 4.98 Å². The molecule has 1 aromatic heterocycles. The number of aliphatic carboxylic acids is 1. The predicted octanol–water partition coefficient (Wildman–Crippen LogP) is 6.35. The molecule has 0 fully saturated rings. The predicted molar refractivity (Wildman–Crippen MR) is 133 cm³/mol. The molecule has 0 radical (unpaired) electrons. The zero-order chi connectivity index (χ0) is 23.2. The molecule has 33 heavy (non-hydrogen) atoms. The van der Waals surface area contributed by atoms with Gasteiger partial charge in [-0.25, -0.2) is 4.98 Å². The highest BCUT2D eigenvalue weighted by Gasteiger charge is 2.09. The summed E-state index contributed by atoms with van der Waals surface area (Å²) in [6.45, 7) is 0. The fourth-order valence-corrected chi connectivity index (χ4v) is 3.96. The zero-order valence-electron chi connectivity index (χ0n) is 18.0. The Morgan fingerprint density at radius 1 is 0.939 bits per heavy atom. The minimum Gasteiger partial charge on any atom is -0.481 e. The molecule has 0 saturated carbocycles. The summed E-state index contributed by atoms with van der Waals surface area (Å²) in [6.07, 6.45) is 4.53.